The Kier molecular flexibility index (Phi) is 4.03. The summed E-state index contributed by atoms with van der Waals surface area (Å²) in [7, 11) is 0. The molecule has 1 N–H and O–H groups in total. The van der Waals surface area contributed by atoms with Crippen molar-refractivity contribution in [2.75, 3.05) is 0 Å². The Balaban J connectivity index is 1.85. The maximum Gasteiger partial charge on any atom is 0.265 e. The zero-order chi connectivity index (χ0) is 17.4. The number of rotatable bonds is 2. The van der Waals surface area contributed by atoms with Crippen LogP contribution >= 0.6 is 22.9 Å². The molecule has 0 aliphatic rings. The van der Waals surface area contributed by atoms with Gasteiger partial charge in [0.05, 0.1) is 11.3 Å². The lowest BCUT2D eigenvalue weighted by atomic mass is 10.1. The topological polar surface area (TPSA) is 58.6 Å². The van der Waals surface area contributed by atoms with Gasteiger partial charge in [-0.1, -0.05) is 41.4 Å². The molecule has 0 aliphatic carbocycles. The first-order valence-corrected chi connectivity index (χ1v) is 8.84. The molecule has 4 nitrogen and oxygen atoms in total. The molecular weight excluding hydrogens is 356 g/mol. The van der Waals surface area contributed by atoms with Gasteiger partial charge in [-0.2, -0.15) is 0 Å². The fourth-order valence-electron chi connectivity index (χ4n) is 2.58. The van der Waals surface area contributed by atoms with Crippen LogP contribution < -0.4 is 5.55 Å². The molecule has 6 heteroatoms. The van der Waals surface area contributed by atoms with Crippen LogP contribution in [0.1, 0.15) is 5.56 Å². The number of hydrogen-bond acceptors (Lipinski definition) is 5. The lowest BCUT2D eigenvalue weighted by molar-refractivity contribution is 0.277. The molecule has 0 spiro atoms. The summed E-state index contributed by atoms with van der Waals surface area (Å²) in [6.45, 7) is 2.05. The largest absolute Gasteiger partial charge is 0.435 e. The molecule has 2 aromatic heterocycles. The van der Waals surface area contributed by atoms with E-state index in [1.165, 1.54) is 16.9 Å². The van der Waals surface area contributed by atoms with Crippen LogP contribution in [0.25, 0.3) is 32.8 Å². The van der Waals surface area contributed by atoms with Crippen molar-refractivity contribution in [3.8, 4) is 21.8 Å². The molecular formula is C19H13ClN2O2S. The standard InChI is InChI=1S/C19H13ClN2O2S/c1-11-2-4-12(5-3-11)16-10-25-19(21-16)15-9-13-8-14(20)6-7-17(13)24-18(15)22-23/h2-10,23H,1H3/b22-18+. The van der Waals surface area contributed by atoms with Gasteiger partial charge in [-0.05, 0) is 36.3 Å². The Morgan fingerprint density at radius 2 is 1.92 bits per heavy atom. The highest BCUT2D eigenvalue weighted by molar-refractivity contribution is 7.13. The summed E-state index contributed by atoms with van der Waals surface area (Å²) in [6.07, 6.45) is 0. The summed E-state index contributed by atoms with van der Waals surface area (Å²) in [5, 5.41) is 16.7. The minimum Gasteiger partial charge on any atom is -0.435 e. The van der Waals surface area contributed by atoms with Gasteiger partial charge in [0.15, 0.2) is 0 Å². The van der Waals surface area contributed by atoms with E-state index < -0.39 is 0 Å². The van der Waals surface area contributed by atoms with Crippen molar-refractivity contribution in [3.05, 3.63) is 70.1 Å². The van der Waals surface area contributed by atoms with E-state index >= 15 is 0 Å². The molecule has 0 radical (unpaired) electrons. The Morgan fingerprint density at radius 1 is 1.12 bits per heavy atom. The van der Waals surface area contributed by atoms with Crippen LogP contribution in [0, 0.1) is 6.92 Å². The van der Waals surface area contributed by atoms with Gasteiger partial charge in [0.25, 0.3) is 5.55 Å². The Labute approximate surface area is 152 Å². The first-order chi connectivity index (χ1) is 12.1. The van der Waals surface area contributed by atoms with Crippen LogP contribution in [0.4, 0.5) is 0 Å². The summed E-state index contributed by atoms with van der Waals surface area (Å²) >= 11 is 7.53. The molecule has 0 bridgehead atoms. The zero-order valence-electron chi connectivity index (χ0n) is 13.2. The molecule has 0 saturated heterocycles. The van der Waals surface area contributed by atoms with Gasteiger partial charge in [-0.3, -0.25) is 0 Å². The Morgan fingerprint density at radius 3 is 2.68 bits per heavy atom. The van der Waals surface area contributed by atoms with E-state index in [0.29, 0.717) is 21.2 Å². The smallest absolute Gasteiger partial charge is 0.265 e. The van der Waals surface area contributed by atoms with Gasteiger partial charge in [0.1, 0.15) is 10.6 Å². The Bertz CT molecular complexity index is 1130. The number of hydrogen-bond donors (Lipinski definition) is 1. The predicted octanol–water partition coefficient (Wildman–Crippen LogP) is 5.48. The lowest BCUT2D eigenvalue weighted by Crippen LogP contribution is -2.05. The van der Waals surface area contributed by atoms with Crippen molar-refractivity contribution in [3.63, 3.8) is 0 Å². The molecule has 25 heavy (non-hydrogen) atoms. The summed E-state index contributed by atoms with van der Waals surface area (Å²) in [6, 6.07) is 15.3. The third-order valence-corrected chi connectivity index (χ3v) is 4.99. The van der Waals surface area contributed by atoms with E-state index in [4.69, 9.17) is 16.0 Å². The van der Waals surface area contributed by atoms with Gasteiger partial charge < -0.3 is 9.62 Å². The monoisotopic (exact) mass is 368 g/mol. The third kappa shape index (κ3) is 3.04. The highest BCUT2D eigenvalue weighted by atomic mass is 35.5. The van der Waals surface area contributed by atoms with Crippen LogP contribution in [0.15, 0.2) is 63.5 Å². The second-order valence-electron chi connectivity index (χ2n) is 5.65. The second-order valence-corrected chi connectivity index (χ2v) is 6.95. The molecule has 124 valence electrons. The molecule has 0 atom stereocenters. The van der Waals surface area contributed by atoms with Gasteiger partial charge in [0, 0.05) is 21.4 Å². The number of nitrogens with zero attached hydrogens (tertiary/aromatic N) is 2. The van der Waals surface area contributed by atoms with E-state index in [0.717, 1.165) is 16.6 Å². The molecule has 0 aliphatic heterocycles. The molecule has 2 heterocycles. The molecule has 0 unspecified atom stereocenters. The maximum absolute atomic E-state index is 9.33. The van der Waals surface area contributed by atoms with Crippen LogP contribution in [-0.2, 0) is 0 Å². The first kappa shape index (κ1) is 15.9. The number of aromatic nitrogens is 1. The lowest BCUT2D eigenvalue weighted by Gasteiger charge is -2.02. The molecule has 2 aromatic carbocycles. The highest BCUT2D eigenvalue weighted by Crippen LogP contribution is 2.29. The minimum absolute atomic E-state index is 0.125. The van der Waals surface area contributed by atoms with Gasteiger partial charge in [-0.15, -0.1) is 11.3 Å². The maximum atomic E-state index is 9.33. The van der Waals surface area contributed by atoms with Crippen molar-refractivity contribution in [1.82, 2.24) is 4.98 Å². The van der Waals surface area contributed by atoms with Crippen molar-refractivity contribution >= 4 is 33.9 Å². The van der Waals surface area contributed by atoms with E-state index in [2.05, 4.69) is 22.3 Å². The fourth-order valence-corrected chi connectivity index (χ4v) is 3.60. The van der Waals surface area contributed by atoms with E-state index in [1.807, 2.05) is 30.5 Å². The molecule has 4 rings (SSSR count). The van der Waals surface area contributed by atoms with Crippen LogP contribution in [0.2, 0.25) is 5.02 Å². The van der Waals surface area contributed by atoms with Crippen LogP contribution in [0.5, 0.6) is 0 Å². The van der Waals surface area contributed by atoms with E-state index in [-0.39, 0.29) is 5.55 Å². The fraction of sp³-hybridized carbons (Fsp3) is 0.0526. The van der Waals surface area contributed by atoms with Gasteiger partial charge in [-0.25, -0.2) is 4.98 Å². The summed E-state index contributed by atoms with van der Waals surface area (Å²) in [5.41, 5.74) is 4.45. The SMILES string of the molecule is Cc1ccc(-c2csc(-c3cc4cc(Cl)ccc4o/c3=N/O)n2)cc1. The normalized spacial score (nSPS) is 12.0. The molecule has 0 amide bonds. The number of aryl methyl sites for hydroxylation is 1. The molecule has 0 saturated carbocycles. The molecule has 0 fully saturated rings. The van der Waals surface area contributed by atoms with E-state index in [9.17, 15) is 5.21 Å². The van der Waals surface area contributed by atoms with Crippen molar-refractivity contribution in [1.29, 1.82) is 0 Å². The minimum atomic E-state index is 0.125. The summed E-state index contributed by atoms with van der Waals surface area (Å²) in [5.74, 6) is 0. The number of benzene rings is 2. The molecule has 4 aromatic rings. The van der Waals surface area contributed by atoms with Crippen molar-refractivity contribution in [2.45, 2.75) is 6.92 Å². The van der Waals surface area contributed by atoms with Gasteiger partial charge >= 0.3 is 0 Å². The number of thiazole rings is 1. The summed E-state index contributed by atoms with van der Waals surface area (Å²) < 4.78 is 5.67. The quantitative estimate of drug-likeness (QED) is 0.376. The average Bonchev–Trinajstić information content (AvgIpc) is 3.11. The highest BCUT2D eigenvalue weighted by Gasteiger charge is 2.12. The number of halogens is 1. The van der Waals surface area contributed by atoms with E-state index in [1.54, 1.807) is 18.2 Å². The predicted molar refractivity (Wildman–Crippen MR) is 99.9 cm³/mol. The first-order valence-electron chi connectivity index (χ1n) is 7.58. The third-order valence-electron chi connectivity index (χ3n) is 3.88. The van der Waals surface area contributed by atoms with Crippen LogP contribution in [0.3, 0.4) is 0 Å². The zero-order valence-corrected chi connectivity index (χ0v) is 14.8. The average molecular weight is 369 g/mol. The summed E-state index contributed by atoms with van der Waals surface area (Å²) in [4.78, 5) is 4.67. The van der Waals surface area contributed by atoms with Crippen LogP contribution in [-0.4, -0.2) is 10.2 Å². The second kappa shape index (κ2) is 6.35. The van der Waals surface area contributed by atoms with Crippen molar-refractivity contribution < 1.29 is 9.62 Å². The van der Waals surface area contributed by atoms with Crippen molar-refractivity contribution in [2.24, 2.45) is 5.16 Å². The Hall–Kier alpha value is -2.63. The number of fused-ring (bicyclic) bond motifs is 1. The van der Waals surface area contributed by atoms with Gasteiger partial charge in [0.2, 0.25) is 0 Å².